The van der Waals surface area contributed by atoms with Gasteiger partial charge < -0.3 is 4.90 Å². The van der Waals surface area contributed by atoms with E-state index in [1.807, 2.05) is 11.0 Å². The fourth-order valence-electron chi connectivity index (χ4n) is 3.05. The molecule has 2 aliphatic rings. The Morgan fingerprint density at radius 1 is 1.26 bits per heavy atom. The van der Waals surface area contributed by atoms with Gasteiger partial charge in [-0.2, -0.15) is 0 Å². The van der Waals surface area contributed by atoms with E-state index in [0.717, 1.165) is 24.1 Å². The number of carbonyl (C=O) groups excluding carboxylic acids is 1. The molecule has 1 unspecified atom stereocenters. The predicted molar refractivity (Wildman–Crippen MR) is 77.1 cm³/mol. The van der Waals surface area contributed by atoms with E-state index < -0.39 is 0 Å². The minimum absolute atomic E-state index is 0.110. The maximum atomic E-state index is 12.5. The highest BCUT2D eigenvalue weighted by Crippen LogP contribution is 2.22. The predicted octanol–water partition coefficient (Wildman–Crippen LogP) is 2.15. The van der Waals surface area contributed by atoms with Crippen LogP contribution in [0.5, 0.6) is 0 Å². The topological polar surface area (TPSA) is 36.4 Å². The van der Waals surface area contributed by atoms with Crippen LogP contribution in [0.15, 0.2) is 22.9 Å². The lowest BCUT2D eigenvalue weighted by Gasteiger charge is -2.44. The van der Waals surface area contributed by atoms with Crippen molar-refractivity contribution in [3.63, 3.8) is 0 Å². The van der Waals surface area contributed by atoms with Crippen molar-refractivity contribution in [2.24, 2.45) is 0 Å². The van der Waals surface area contributed by atoms with Crippen LogP contribution in [-0.2, 0) is 0 Å². The Bertz CT molecular complexity index is 480. The first-order valence-corrected chi connectivity index (χ1v) is 7.67. The summed E-state index contributed by atoms with van der Waals surface area (Å²) in [6.45, 7) is 3.91. The first-order valence-electron chi connectivity index (χ1n) is 6.88. The number of pyridine rings is 1. The van der Waals surface area contributed by atoms with Gasteiger partial charge >= 0.3 is 0 Å². The molecule has 3 rings (SSSR count). The average Bonchev–Trinajstić information content (AvgIpc) is 2.46. The smallest absolute Gasteiger partial charge is 0.255 e. The Balaban J connectivity index is 1.71. The quantitative estimate of drug-likeness (QED) is 0.794. The number of carbonyl (C=O) groups is 1. The van der Waals surface area contributed by atoms with E-state index in [-0.39, 0.29) is 5.91 Å². The lowest BCUT2D eigenvalue weighted by molar-refractivity contribution is 0.0372. The third-order valence-corrected chi connectivity index (χ3v) is 4.51. The number of piperidine rings is 1. The van der Waals surface area contributed by atoms with Gasteiger partial charge in [-0.05, 0) is 41.4 Å². The van der Waals surface area contributed by atoms with Crippen LogP contribution >= 0.6 is 15.9 Å². The maximum Gasteiger partial charge on any atom is 0.255 e. The largest absolute Gasteiger partial charge is 0.336 e. The van der Waals surface area contributed by atoms with Crippen LogP contribution in [-0.4, -0.2) is 52.9 Å². The van der Waals surface area contributed by atoms with E-state index in [1.165, 1.54) is 25.8 Å². The van der Waals surface area contributed by atoms with Gasteiger partial charge in [0.05, 0.1) is 5.56 Å². The standard InChI is InChI=1S/C14H18BrN3O/c15-12-7-11(8-16-9-12)14(19)18-6-5-17-4-2-1-3-13(17)10-18/h7-9,13H,1-6,10H2. The van der Waals surface area contributed by atoms with E-state index in [2.05, 4.69) is 25.8 Å². The first kappa shape index (κ1) is 13.1. The summed E-state index contributed by atoms with van der Waals surface area (Å²) in [5.74, 6) is 0.110. The zero-order chi connectivity index (χ0) is 13.2. The van der Waals surface area contributed by atoms with Gasteiger partial charge in [-0.15, -0.1) is 0 Å². The fraction of sp³-hybridized carbons (Fsp3) is 0.571. The van der Waals surface area contributed by atoms with Gasteiger partial charge in [0.25, 0.3) is 5.91 Å². The molecule has 0 aliphatic carbocycles. The molecule has 0 spiro atoms. The van der Waals surface area contributed by atoms with Crippen molar-refractivity contribution in [3.05, 3.63) is 28.5 Å². The van der Waals surface area contributed by atoms with Crippen molar-refractivity contribution >= 4 is 21.8 Å². The molecule has 0 bridgehead atoms. The van der Waals surface area contributed by atoms with Gasteiger partial charge in [0.1, 0.15) is 0 Å². The molecule has 102 valence electrons. The van der Waals surface area contributed by atoms with Gasteiger partial charge in [0, 0.05) is 42.5 Å². The van der Waals surface area contributed by atoms with E-state index in [4.69, 9.17) is 0 Å². The van der Waals surface area contributed by atoms with Gasteiger partial charge in [-0.25, -0.2) is 0 Å². The zero-order valence-corrected chi connectivity index (χ0v) is 12.5. The Labute approximate surface area is 121 Å². The van der Waals surface area contributed by atoms with Gasteiger partial charge in [-0.3, -0.25) is 14.7 Å². The van der Waals surface area contributed by atoms with E-state index in [0.29, 0.717) is 11.6 Å². The van der Waals surface area contributed by atoms with Crippen LogP contribution in [0.1, 0.15) is 29.6 Å². The van der Waals surface area contributed by atoms with E-state index in [1.54, 1.807) is 12.4 Å². The van der Waals surface area contributed by atoms with E-state index >= 15 is 0 Å². The number of halogens is 1. The van der Waals surface area contributed by atoms with Crippen molar-refractivity contribution in [2.75, 3.05) is 26.2 Å². The van der Waals surface area contributed by atoms with Crippen molar-refractivity contribution in [1.82, 2.24) is 14.8 Å². The Hall–Kier alpha value is -0.940. The van der Waals surface area contributed by atoms with Gasteiger partial charge in [0.15, 0.2) is 0 Å². The maximum absolute atomic E-state index is 12.5. The summed E-state index contributed by atoms with van der Waals surface area (Å²) in [5.41, 5.74) is 0.679. The third kappa shape index (κ3) is 2.82. The number of piperazine rings is 1. The fourth-order valence-corrected chi connectivity index (χ4v) is 3.42. The summed E-state index contributed by atoms with van der Waals surface area (Å²) in [5, 5.41) is 0. The molecule has 3 heterocycles. The molecule has 0 radical (unpaired) electrons. The summed E-state index contributed by atoms with van der Waals surface area (Å²) < 4.78 is 0.856. The number of hydrogen-bond donors (Lipinski definition) is 0. The second kappa shape index (κ2) is 5.59. The summed E-state index contributed by atoms with van der Waals surface area (Å²) >= 11 is 3.37. The summed E-state index contributed by atoms with van der Waals surface area (Å²) in [6.07, 6.45) is 7.18. The highest BCUT2D eigenvalue weighted by atomic mass is 79.9. The number of rotatable bonds is 1. The molecular weight excluding hydrogens is 306 g/mol. The Morgan fingerprint density at radius 3 is 3.00 bits per heavy atom. The number of aromatic nitrogens is 1. The molecule has 1 aromatic rings. The lowest BCUT2D eigenvalue weighted by Crippen LogP contribution is -2.56. The van der Waals surface area contributed by atoms with E-state index in [9.17, 15) is 4.79 Å². The first-order chi connectivity index (χ1) is 9.24. The molecule has 1 atom stereocenters. The molecule has 5 heteroatoms. The molecule has 1 aromatic heterocycles. The molecule has 1 amide bonds. The summed E-state index contributed by atoms with van der Waals surface area (Å²) in [7, 11) is 0. The molecule has 2 fully saturated rings. The second-order valence-corrected chi connectivity index (χ2v) is 6.24. The summed E-state index contributed by atoms with van der Waals surface area (Å²) in [4.78, 5) is 21.1. The number of amides is 1. The lowest BCUT2D eigenvalue weighted by atomic mass is 9.99. The number of nitrogens with zero attached hydrogens (tertiary/aromatic N) is 3. The van der Waals surface area contributed by atoms with Crippen LogP contribution in [0.2, 0.25) is 0 Å². The summed E-state index contributed by atoms with van der Waals surface area (Å²) in [6, 6.07) is 2.41. The molecular formula is C14H18BrN3O. The molecule has 2 aliphatic heterocycles. The molecule has 2 saturated heterocycles. The number of fused-ring (bicyclic) bond motifs is 1. The van der Waals surface area contributed by atoms with Gasteiger partial charge in [-0.1, -0.05) is 6.42 Å². The minimum atomic E-state index is 0.110. The third-order valence-electron chi connectivity index (χ3n) is 4.08. The number of hydrogen-bond acceptors (Lipinski definition) is 3. The van der Waals surface area contributed by atoms with Crippen molar-refractivity contribution < 1.29 is 4.79 Å². The van der Waals surface area contributed by atoms with Crippen LogP contribution in [0, 0.1) is 0 Å². The Morgan fingerprint density at radius 2 is 2.16 bits per heavy atom. The molecule has 0 saturated carbocycles. The van der Waals surface area contributed by atoms with Crippen molar-refractivity contribution in [1.29, 1.82) is 0 Å². The normalized spacial score (nSPS) is 24.1. The van der Waals surface area contributed by atoms with Crippen LogP contribution < -0.4 is 0 Å². The van der Waals surface area contributed by atoms with Crippen LogP contribution in [0.3, 0.4) is 0 Å². The Kier molecular flexibility index (Phi) is 3.84. The molecule has 19 heavy (non-hydrogen) atoms. The minimum Gasteiger partial charge on any atom is -0.336 e. The van der Waals surface area contributed by atoms with Gasteiger partial charge in [0.2, 0.25) is 0 Å². The molecule has 4 nitrogen and oxygen atoms in total. The average molecular weight is 324 g/mol. The van der Waals surface area contributed by atoms with Crippen molar-refractivity contribution in [3.8, 4) is 0 Å². The molecule has 0 aromatic carbocycles. The zero-order valence-electron chi connectivity index (χ0n) is 10.9. The SMILES string of the molecule is O=C(c1cncc(Br)c1)N1CCN2CCCCC2C1. The highest BCUT2D eigenvalue weighted by molar-refractivity contribution is 9.10. The monoisotopic (exact) mass is 323 g/mol. The van der Waals surface area contributed by atoms with Crippen LogP contribution in [0.4, 0.5) is 0 Å². The van der Waals surface area contributed by atoms with Crippen LogP contribution in [0.25, 0.3) is 0 Å². The highest BCUT2D eigenvalue weighted by Gasteiger charge is 2.31. The molecule has 0 N–H and O–H groups in total. The van der Waals surface area contributed by atoms with Crippen molar-refractivity contribution in [2.45, 2.75) is 25.3 Å². The second-order valence-electron chi connectivity index (χ2n) is 5.33.